The monoisotopic (exact) mass is 483 g/mol. The molecule has 3 aliphatic rings. The molecule has 0 aromatic heterocycles. The number of hydrogen-bond acceptors (Lipinski definition) is 5. The number of likely N-dealkylation sites (tertiary alicyclic amines) is 1. The van der Waals surface area contributed by atoms with Crippen LogP contribution in [0.3, 0.4) is 0 Å². The second kappa shape index (κ2) is 9.34. The number of carbonyl (C=O) groups is 2. The van der Waals surface area contributed by atoms with Crippen molar-refractivity contribution in [1.82, 2.24) is 10.2 Å². The number of likely N-dealkylation sites (N-methyl/N-ethyl adjacent to an activating group) is 1. The Hall–Kier alpha value is -3.22. The van der Waals surface area contributed by atoms with Crippen molar-refractivity contribution in [3.63, 3.8) is 0 Å². The lowest BCUT2D eigenvalue weighted by Crippen LogP contribution is -2.47. The first-order chi connectivity index (χ1) is 17.6. The summed E-state index contributed by atoms with van der Waals surface area (Å²) in [6.45, 7) is 2.15. The molecule has 1 amide bonds. The number of nitrogens with one attached hydrogen (secondary N) is 1. The summed E-state index contributed by atoms with van der Waals surface area (Å²) < 4.78 is 5.80. The fraction of sp³-hybridized carbons (Fsp3) is 0.400. The lowest BCUT2D eigenvalue weighted by Gasteiger charge is -2.40. The topological polar surface area (TPSA) is 61.9 Å². The minimum atomic E-state index is -0.369. The number of benzene rings is 3. The number of fused-ring (bicyclic) bond motifs is 1. The molecule has 1 fully saturated rings. The Bertz CT molecular complexity index is 1330. The fourth-order valence-electron chi connectivity index (χ4n) is 6.71. The van der Waals surface area contributed by atoms with E-state index in [1.807, 2.05) is 29.2 Å². The minimum Gasteiger partial charge on any atom is -0.496 e. The van der Waals surface area contributed by atoms with E-state index in [4.69, 9.17) is 4.74 Å². The third-order valence-corrected chi connectivity index (χ3v) is 8.32. The highest BCUT2D eigenvalue weighted by molar-refractivity contribution is 6.07. The molecule has 6 heteroatoms. The average Bonchev–Trinajstić information content (AvgIpc) is 3.42. The van der Waals surface area contributed by atoms with Crippen molar-refractivity contribution in [3.8, 4) is 5.75 Å². The van der Waals surface area contributed by atoms with E-state index in [0.717, 1.165) is 49.4 Å². The van der Waals surface area contributed by atoms with Crippen LogP contribution in [-0.4, -0.2) is 56.4 Å². The Morgan fingerprint density at radius 3 is 2.64 bits per heavy atom. The van der Waals surface area contributed by atoms with Crippen molar-refractivity contribution in [2.45, 2.75) is 43.7 Å². The van der Waals surface area contributed by atoms with Crippen LogP contribution >= 0.6 is 0 Å². The van der Waals surface area contributed by atoms with Gasteiger partial charge in [-0.2, -0.15) is 0 Å². The second-order valence-electron chi connectivity index (χ2n) is 10.3. The second-order valence-corrected chi connectivity index (χ2v) is 10.3. The van der Waals surface area contributed by atoms with Gasteiger partial charge in [-0.1, -0.05) is 42.5 Å². The molecule has 36 heavy (non-hydrogen) atoms. The SMILES string of the molecule is CNCC(=O)CC1C(=O)N(C2CCN(C3Cc4cccc5ccc(OC)c3c45)CC2)c2ccccc21. The number of nitrogens with zero attached hydrogens (tertiary/aromatic N) is 2. The molecule has 6 rings (SSSR count). The predicted octanol–water partition coefficient (Wildman–Crippen LogP) is 4.22. The summed E-state index contributed by atoms with van der Waals surface area (Å²) in [4.78, 5) is 30.6. The highest BCUT2D eigenvalue weighted by atomic mass is 16.5. The van der Waals surface area contributed by atoms with Crippen molar-refractivity contribution in [2.24, 2.45) is 0 Å². The summed E-state index contributed by atoms with van der Waals surface area (Å²) in [5.74, 6) is 0.758. The van der Waals surface area contributed by atoms with Crippen molar-refractivity contribution in [2.75, 3.05) is 38.7 Å². The predicted molar refractivity (Wildman–Crippen MR) is 142 cm³/mol. The zero-order valence-corrected chi connectivity index (χ0v) is 21.0. The molecule has 1 aliphatic carbocycles. The number of piperidine rings is 1. The Balaban J connectivity index is 1.22. The lowest BCUT2D eigenvalue weighted by atomic mass is 9.95. The van der Waals surface area contributed by atoms with E-state index < -0.39 is 0 Å². The van der Waals surface area contributed by atoms with Crippen LogP contribution < -0.4 is 15.0 Å². The van der Waals surface area contributed by atoms with E-state index >= 15 is 0 Å². The first-order valence-electron chi connectivity index (χ1n) is 13.0. The number of ether oxygens (including phenoxy) is 1. The Kier molecular flexibility index (Phi) is 6.02. The maximum Gasteiger partial charge on any atom is 0.235 e. The molecule has 6 nitrogen and oxygen atoms in total. The van der Waals surface area contributed by atoms with E-state index in [1.165, 1.54) is 21.9 Å². The normalized spacial score (nSPS) is 21.8. The van der Waals surface area contributed by atoms with Gasteiger partial charge in [0.25, 0.3) is 0 Å². The van der Waals surface area contributed by atoms with Crippen molar-refractivity contribution in [3.05, 3.63) is 71.3 Å². The number of hydrogen-bond donors (Lipinski definition) is 1. The Labute approximate surface area is 212 Å². The zero-order chi connectivity index (χ0) is 24.8. The van der Waals surface area contributed by atoms with Crippen LogP contribution in [0.4, 0.5) is 5.69 Å². The van der Waals surface area contributed by atoms with Crippen LogP contribution in [0.15, 0.2) is 54.6 Å². The van der Waals surface area contributed by atoms with Gasteiger partial charge in [-0.3, -0.25) is 14.5 Å². The summed E-state index contributed by atoms with van der Waals surface area (Å²) in [5, 5.41) is 5.54. The van der Waals surface area contributed by atoms with E-state index in [9.17, 15) is 9.59 Å². The maximum absolute atomic E-state index is 13.6. The fourth-order valence-corrected chi connectivity index (χ4v) is 6.71. The number of rotatable bonds is 7. The van der Waals surface area contributed by atoms with Gasteiger partial charge >= 0.3 is 0 Å². The number of carbonyl (C=O) groups excluding carboxylic acids is 2. The van der Waals surface area contributed by atoms with Crippen molar-refractivity contribution in [1.29, 1.82) is 0 Å². The first kappa shape index (κ1) is 23.2. The number of amides is 1. The van der Waals surface area contributed by atoms with E-state index in [2.05, 4.69) is 40.5 Å². The Morgan fingerprint density at radius 1 is 1.06 bits per heavy atom. The van der Waals surface area contributed by atoms with Crippen LogP contribution in [0.1, 0.15) is 47.9 Å². The third kappa shape index (κ3) is 3.71. The van der Waals surface area contributed by atoms with Gasteiger partial charge in [-0.05, 0) is 60.3 Å². The molecule has 0 radical (unpaired) electrons. The molecule has 2 aliphatic heterocycles. The van der Waals surface area contributed by atoms with Gasteiger partial charge in [0.15, 0.2) is 0 Å². The minimum absolute atomic E-state index is 0.0752. The zero-order valence-electron chi connectivity index (χ0n) is 21.0. The van der Waals surface area contributed by atoms with Crippen LogP contribution in [0, 0.1) is 0 Å². The largest absolute Gasteiger partial charge is 0.496 e. The molecule has 186 valence electrons. The van der Waals surface area contributed by atoms with Gasteiger partial charge in [0.2, 0.25) is 5.91 Å². The van der Waals surface area contributed by atoms with Crippen LogP contribution in [0.25, 0.3) is 10.8 Å². The molecule has 3 aromatic rings. The lowest BCUT2D eigenvalue weighted by molar-refractivity contribution is -0.124. The molecule has 2 atom stereocenters. The molecular formula is C30H33N3O3. The number of Topliss-reactive ketones (excluding diaryl/α,β-unsaturated/α-hetero) is 1. The summed E-state index contributed by atoms with van der Waals surface area (Å²) in [6.07, 6.45) is 3.10. The average molecular weight is 484 g/mol. The molecule has 2 heterocycles. The molecule has 1 N–H and O–H groups in total. The molecule has 3 aromatic carbocycles. The van der Waals surface area contributed by atoms with Crippen LogP contribution in [0.5, 0.6) is 5.75 Å². The molecule has 0 spiro atoms. The number of methoxy groups -OCH3 is 1. The smallest absolute Gasteiger partial charge is 0.235 e. The van der Waals surface area contributed by atoms with Crippen molar-refractivity contribution >= 4 is 28.2 Å². The summed E-state index contributed by atoms with van der Waals surface area (Å²) in [7, 11) is 3.53. The van der Waals surface area contributed by atoms with Gasteiger partial charge in [-0.15, -0.1) is 0 Å². The summed E-state index contributed by atoms with van der Waals surface area (Å²) in [6, 6.07) is 19.3. The highest BCUT2D eigenvalue weighted by Gasteiger charge is 2.43. The van der Waals surface area contributed by atoms with Crippen LogP contribution in [-0.2, 0) is 16.0 Å². The third-order valence-electron chi connectivity index (χ3n) is 8.32. The quantitative estimate of drug-likeness (QED) is 0.545. The number of anilines is 1. The maximum atomic E-state index is 13.6. The van der Waals surface area contributed by atoms with E-state index in [0.29, 0.717) is 12.6 Å². The summed E-state index contributed by atoms with van der Waals surface area (Å²) in [5.41, 5.74) is 4.70. The van der Waals surface area contributed by atoms with Gasteiger partial charge in [0, 0.05) is 42.8 Å². The molecular weight excluding hydrogens is 450 g/mol. The molecule has 2 unspecified atom stereocenters. The van der Waals surface area contributed by atoms with E-state index in [1.54, 1.807) is 14.2 Å². The molecule has 0 saturated carbocycles. The highest BCUT2D eigenvalue weighted by Crippen LogP contribution is 2.47. The van der Waals surface area contributed by atoms with E-state index in [-0.39, 0.29) is 30.1 Å². The standard InChI is InChI=1S/C30H33N3O3/c1-31-18-22(34)17-24-23-8-3-4-9-25(23)33(30(24)35)21-12-14-32(15-13-21)26-16-20-7-5-6-19-10-11-27(36-2)29(26)28(19)20/h3-11,21,24,26,31H,12-18H2,1-2H3. The van der Waals surface area contributed by atoms with Crippen molar-refractivity contribution < 1.29 is 14.3 Å². The molecule has 1 saturated heterocycles. The van der Waals surface area contributed by atoms with Gasteiger partial charge in [-0.25, -0.2) is 0 Å². The van der Waals surface area contributed by atoms with Gasteiger partial charge in [0.05, 0.1) is 19.6 Å². The summed E-state index contributed by atoms with van der Waals surface area (Å²) >= 11 is 0. The first-order valence-corrected chi connectivity index (χ1v) is 13.0. The Morgan fingerprint density at radius 2 is 1.86 bits per heavy atom. The number of para-hydroxylation sites is 1. The van der Waals surface area contributed by atoms with Gasteiger partial charge < -0.3 is 15.0 Å². The van der Waals surface area contributed by atoms with Gasteiger partial charge in [0.1, 0.15) is 11.5 Å². The molecule has 0 bridgehead atoms. The number of ketones is 1. The van der Waals surface area contributed by atoms with Crippen LogP contribution in [0.2, 0.25) is 0 Å².